The third-order valence-corrected chi connectivity index (χ3v) is 3.82. The van der Waals surface area contributed by atoms with E-state index in [1.165, 1.54) is 0 Å². The van der Waals surface area contributed by atoms with Gasteiger partial charge in [0.2, 0.25) is 5.28 Å². The largest absolute Gasteiger partial charge is 0.384 e. The Morgan fingerprint density at radius 3 is 2.50 bits per heavy atom. The standard InChI is InChI=1S/C16H13ClF2N4O/c1-7-9-4-8(12-11(19)6-20-15(17)21-12)5-10(18)13(9)22-23-14(7)16(2,3)24/h4-6,24H,1-3H3. The Bertz CT molecular complexity index is 957. The molecule has 0 spiro atoms. The van der Waals surface area contributed by atoms with Gasteiger partial charge in [-0.3, -0.25) is 0 Å². The van der Waals surface area contributed by atoms with Crippen LogP contribution in [-0.4, -0.2) is 25.3 Å². The number of fused-ring (bicyclic) bond motifs is 1. The highest BCUT2D eigenvalue weighted by molar-refractivity contribution is 6.28. The molecular weight excluding hydrogens is 338 g/mol. The number of hydrogen-bond acceptors (Lipinski definition) is 5. The number of aromatic nitrogens is 4. The molecule has 0 aliphatic carbocycles. The summed E-state index contributed by atoms with van der Waals surface area (Å²) in [5, 5.41) is 18.2. The maximum Gasteiger partial charge on any atom is 0.223 e. The Balaban J connectivity index is 2.33. The van der Waals surface area contributed by atoms with Gasteiger partial charge in [-0.2, -0.15) is 5.10 Å². The van der Waals surface area contributed by atoms with Crippen molar-refractivity contribution in [2.45, 2.75) is 26.4 Å². The van der Waals surface area contributed by atoms with Gasteiger partial charge in [0.05, 0.1) is 11.9 Å². The molecule has 0 saturated carbocycles. The van der Waals surface area contributed by atoms with Crippen molar-refractivity contribution < 1.29 is 13.9 Å². The zero-order valence-electron chi connectivity index (χ0n) is 13.1. The molecule has 24 heavy (non-hydrogen) atoms. The SMILES string of the molecule is Cc1c(C(C)(C)O)nnc2c(F)cc(-c3nc(Cl)ncc3F)cc12. The van der Waals surface area contributed by atoms with Crippen molar-refractivity contribution in [1.29, 1.82) is 0 Å². The number of rotatable bonds is 2. The second-order valence-corrected chi connectivity index (χ2v) is 6.26. The van der Waals surface area contributed by atoms with Crippen LogP contribution >= 0.6 is 11.6 Å². The van der Waals surface area contributed by atoms with E-state index < -0.39 is 17.2 Å². The molecule has 3 aromatic rings. The molecule has 8 heteroatoms. The lowest BCUT2D eigenvalue weighted by molar-refractivity contribution is 0.0723. The van der Waals surface area contributed by atoms with Gasteiger partial charge < -0.3 is 5.11 Å². The zero-order valence-corrected chi connectivity index (χ0v) is 13.9. The molecule has 1 N–H and O–H groups in total. The molecule has 0 fully saturated rings. The van der Waals surface area contributed by atoms with Gasteiger partial charge in [0, 0.05) is 10.9 Å². The second kappa shape index (κ2) is 5.68. The first-order valence-electron chi connectivity index (χ1n) is 7.06. The lowest BCUT2D eigenvalue weighted by Gasteiger charge is -2.19. The highest BCUT2D eigenvalue weighted by Gasteiger charge is 2.24. The maximum absolute atomic E-state index is 14.4. The molecule has 2 heterocycles. The molecule has 0 bridgehead atoms. The molecule has 0 saturated heterocycles. The molecule has 0 aliphatic heterocycles. The highest BCUT2D eigenvalue weighted by Crippen LogP contribution is 2.31. The van der Waals surface area contributed by atoms with Crippen LogP contribution in [0.15, 0.2) is 18.3 Å². The van der Waals surface area contributed by atoms with Crippen molar-refractivity contribution in [3.8, 4) is 11.3 Å². The molecule has 0 amide bonds. The molecule has 0 unspecified atom stereocenters. The number of hydrogen-bond donors (Lipinski definition) is 1. The van der Waals surface area contributed by atoms with Crippen LogP contribution in [0.2, 0.25) is 5.28 Å². The average Bonchev–Trinajstić information content (AvgIpc) is 2.49. The van der Waals surface area contributed by atoms with Gasteiger partial charge in [0.1, 0.15) is 16.8 Å². The number of aliphatic hydroxyl groups is 1. The Hall–Kier alpha value is -2.25. The van der Waals surface area contributed by atoms with Crippen molar-refractivity contribution in [2.24, 2.45) is 0 Å². The van der Waals surface area contributed by atoms with E-state index in [4.69, 9.17) is 11.6 Å². The first-order chi connectivity index (χ1) is 11.2. The lowest BCUT2D eigenvalue weighted by atomic mass is 9.96. The Labute approximate surface area is 141 Å². The van der Waals surface area contributed by atoms with Crippen LogP contribution in [-0.2, 0) is 5.60 Å². The minimum absolute atomic E-state index is 0.0322. The molecule has 0 aliphatic rings. The summed E-state index contributed by atoms with van der Waals surface area (Å²) in [6.45, 7) is 4.80. The minimum Gasteiger partial charge on any atom is -0.384 e. The smallest absolute Gasteiger partial charge is 0.223 e. The van der Waals surface area contributed by atoms with Gasteiger partial charge in [0.25, 0.3) is 0 Å². The summed E-state index contributed by atoms with van der Waals surface area (Å²) in [6.07, 6.45) is 0.923. The topological polar surface area (TPSA) is 71.8 Å². The summed E-state index contributed by atoms with van der Waals surface area (Å²) in [5.41, 5.74) is -0.274. The molecule has 124 valence electrons. The van der Waals surface area contributed by atoms with E-state index in [0.717, 1.165) is 12.3 Å². The summed E-state index contributed by atoms with van der Waals surface area (Å²) in [5.74, 6) is -1.39. The van der Waals surface area contributed by atoms with E-state index in [-0.39, 0.29) is 22.1 Å². The average molecular weight is 351 g/mol. The molecule has 0 radical (unpaired) electrons. The minimum atomic E-state index is -1.25. The van der Waals surface area contributed by atoms with Crippen LogP contribution in [0.3, 0.4) is 0 Å². The molecule has 3 rings (SSSR count). The highest BCUT2D eigenvalue weighted by atomic mass is 35.5. The van der Waals surface area contributed by atoms with Crippen LogP contribution in [0.1, 0.15) is 25.1 Å². The quantitative estimate of drug-likeness (QED) is 0.715. The van der Waals surface area contributed by atoms with Crippen molar-refractivity contribution in [2.75, 3.05) is 0 Å². The number of aryl methyl sites for hydroxylation is 1. The van der Waals surface area contributed by atoms with E-state index >= 15 is 0 Å². The maximum atomic E-state index is 14.4. The van der Waals surface area contributed by atoms with E-state index in [2.05, 4.69) is 20.2 Å². The van der Waals surface area contributed by atoms with Gasteiger partial charge in [0.15, 0.2) is 11.6 Å². The molecule has 0 atom stereocenters. The van der Waals surface area contributed by atoms with Crippen LogP contribution < -0.4 is 0 Å². The number of halogens is 3. The van der Waals surface area contributed by atoms with Gasteiger partial charge in [-0.1, -0.05) is 0 Å². The molecule has 1 aromatic carbocycles. The van der Waals surface area contributed by atoms with E-state index in [9.17, 15) is 13.9 Å². The molecule has 5 nitrogen and oxygen atoms in total. The van der Waals surface area contributed by atoms with Gasteiger partial charge in [-0.05, 0) is 50.1 Å². The number of nitrogens with zero attached hydrogens (tertiary/aromatic N) is 4. The predicted molar refractivity (Wildman–Crippen MR) is 85.5 cm³/mol. The molecular formula is C16H13ClF2N4O. The summed E-state index contributed by atoms with van der Waals surface area (Å²) < 4.78 is 28.4. The third kappa shape index (κ3) is 2.81. The fourth-order valence-electron chi connectivity index (χ4n) is 2.56. The zero-order chi connectivity index (χ0) is 17.6. The third-order valence-electron chi connectivity index (χ3n) is 3.64. The fourth-order valence-corrected chi connectivity index (χ4v) is 2.69. The van der Waals surface area contributed by atoms with E-state index in [1.807, 2.05) is 0 Å². The van der Waals surface area contributed by atoms with Crippen LogP contribution in [0.4, 0.5) is 8.78 Å². The summed E-state index contributed by atoms with van der Waals surface area (Å²) in [4.78, 5) is 7.36. The van der Waals surface area contributed by atoms with Crippen LogP contribution in [0.5, 0.6) is 0 Å². The summed E-state index contributed by atoms with van der Waals surface area (Å²) in [7, 11) is 0. The second-order valence-electron chi connectivity index (χ2n) is 5.92. The Morgan fingerprint density at radius 1 is 1.12 bits per heavy atom. The monoisotopic (exact) mass is 350 g/mol. The van der Waals surface area contributed by atoms with Gasteiger partial charge in [-0.15, -0.1) is 5.10 Å². The summed E-state index contributed by atoms with van der Waals surface area (Å²) >= 11 is 5.70. The van der Waals surface area contributed by atoms with Gasteiger partial charge >= 0.3 is 0 Å². The first-order valence-corrected chi connectivity index (χ1v) is 7.44. The van der Waals surface area contributed by atoms with E-state index in [0.29, 0.717) is 16.6 Å². The lowest BCUT2D eigenvalue weighted by Crippen LogP contribution is -2.20. The fraction of sp³-hybridized carbons (Fsp3) is 0.250. The Morgan fingerprint density at radius 2 is 1.83 bits per heavy atom. The van der Waals surface area contributed by atoms with Crippen LogP contribution in [0.25, 0.3) is 22.2 Å². The normalized spacial score (nSPS) is 12.0. The van der Waals surface area contributed by atoms with Crippen molar-refractivity contribution in [1.82, 2.24) is 20.2 Å². The Kier molecular flexibility index (Phi) is 3.93. The van der Waals surface area contributed by atoms with E-state index in [1.54, 1.807) is 26.8 Å². The van der Waals surface area contributed by atoms with Gasteiger partial charge in [-0.25, -0.2) is 18.7 Å². The number of benzene rings is 1. The van der Waals surface area contributed by atoms with Crippen molar-refractivity contribution in [3.05, 3.63) is 46.5 Å². The summed E-state index contributed by atoms with van der Waals surface area (Å²) in [6, 6.07) is 2.65. The van der Waals surface area contributed by atoms with Crippen LogP contribution in [0, 0.1) is 18.6 Å². The van der Waals surface area contributed by atoms with Crippen molar-refractivity contribution in [3.63, 3.8) is 0 Å². The first kappa shape index (κ1) is 16.6. The van der Waals surface area contributed by atoms with Crippen molar-refractivity contribution >= 4 is 22.5 Å². The molecule has 2 aromatic heterocycles. The predicted octanol–water partition coefficient (Wildman–Crippen LogP) is 3.55.